The standard InChI is InChI=1S/C36H43F2N3O2/c1-18-26(23-11-13-25(14-12-23)35(6,37)38)17-29(40(7)8)27-15-24-16-28-33(41(9)10)34(42)32(22(5)39)21(4)36(28,43)20(3)31(24)19(2)30(18)27/h11-14,17,24,28,33,42-43H,2,4-5,15-16,39H2,1,3,6-10H3/t24-,28-,33-,36-/m0/s1. The van der Waals surface area contributed by atoms with Gasteiger partial charge in [-0.3, -0.25) is 4.90 Å². The first-order chi connectivity index (χ1) is 19.9. The van der Waals surface area contributed by atoms with Gasteiger partial charge in [-0.1, -0.05) is 44.0 Å². The lowest BCUT2D eigenvalue weighted by atomic mass is 9.55. The third-order valence-electron chi connectivity index (χ3n) is 9.95. The Morgan fingerprint density at radius 3 is 2.21 bits per heavy atom. The molecule has 0 saturated carbocycles. The highest BCUT2D eigenvalue weighted by Crippen LogP contribution is 2.58. The van der Waals surface area contributed by atoms with E-state index in [1.807, 2.05) is 40.0 Å². The summed E-state index contributed by atoms with van der Waals surface area (Å²) in [6, 6.07) is 8.13. The van der Waals surface area contributed by atoms with Crippen LogP contribution < -0.4 is 10.6 Å². The fourth-order valence-electron chi connectivity index (χ4n) is 7.96. The minimum atomic E-state index is -2.92. The number of nitrogens with zero attached hydrogens (tertiary/aromatic N) is 2. The summed E-state index contributed by atoms with van der Waals surface area (Å²) in [6.45, 7) is 17.7. The first kappa shape index (κ1) is 30.8. The van der Waals surface area contributed by atoms with Crippen LogP contribution in [-0.2, 0) is 12.3 Å². The van der Waals surface area contributed by atoms with E-state index in [1.165, 1.54) is 17.7 Å². The molecule has 43 heavy (non-hydrogen) atoms. The van der Waals surface area contributed by atoms with Crippen LogP contribution in [0.1, 0.15) is 42.5 Å². The molecule has 0 amide bonds. The summed E-state index contributed by atoms with van der Waals surface area (Å²) in [5, 5.41) is 24.0. The first-order valence-electron chi connectivity index (χ1n) is 14.6. The van der Waals surface area contributed by atoms with Crippen LogP contribution in [0.2, 0.25) is 0 Å². The highest BCUT2D eigenvalue weighted by Gasteiger charge is 2.57. The molecule has 0 spiro atoms. The van der Waals surface area contributed by atoms with Crippen molar-refractivity contribution in [2.75, 3.05) is 33.1 Å². The van der Waals surface area contributed by atoms with E-state index in [9.17, 15) is 19.0 Å². The van der Waals surface area contributed by atoms with Gasteiger partial charge >= 0.3 is 0 Å². The van der Waals surface area contributed by atoms with Crippen LogP contribution in [0.3, 0.4) is 0 Å². The van der Waals surface area contributed by atoms with Gasteiger partial charge in [0.25, 0.3) is 5.92 Å². The molecule has 3 aliphatic carbocycles. The Bertz CT molecular complexity index is 1620. The summed E-state index contributed by atoms with van der Waals surface area (Å²) in [7, 11) is 7.79. The van der Waals surface area contributed by atoms with Crippen LogP contribution in [0, 0.1) is 18.8 Å². The number of nitrogens with two attached hydrogens (primary N) is 1. The second-order valence-corrected chi connectivity index (χ2v) is 13.0. The summed E-state index contributed by atoms with van der Waals surface area (Å²) in [6.07, 6.45) is 1.34. The lowest BCUT2D eigenvalue weighted by molar-refractivity contribution is -0.0178. The number of halogens is 2. The summed E-state index contributed by atoms with van der Waals surface area (Å²) < 4.78 is 27.9. The van der Waals surface area contributed by atoms with Crippen LogP contribution in [0.4, 0.5) is 14.5 Å². The monoisotopic (exact) mass is 587 g/mol. The van der Waals surface area contributed by atoms with E-state index in [0.29, 0.717) is 17.6 Å². The molecule has 0 radical (unpaired) electrons. The summed E-state index contributed by atoms with van der Waals surface area (Å²) in [5.41, 5.74) is 14.1. The number of hydrogen-bond acceptors (Lipinski definition) is 5. The topological polar surface area (TPSA) is 73.0 Å². The van der Waals surface area contributed by atoms with Crippen molar-refractivity contribution in [3.63, 3.8) is 0 Å². The second-order valence-electron chi connectivity index (χ2n) is 13.0. The van der Waals surface area contributed by atoms with Crippen molar-refractivity contribution in [3.8, 4) is 11.1 Å². The number of anilines is 1. The Balaban J connectivity index is 1.72. The molecule has 4 N–H and O–H groups in total. The van der Waals surface area contributed by atoms with Gasteiger partial charge in [-0.15, -0.1) is 0 Å². The molecule has 228 valence electrons. The molecule has 2 aromatic rings. The smallest absolute Gasteiger partial charge is 0.270 e. The molecule has 0 heterocycles. The van der Waals surface area contributed by atoms with E-state index in [1.54, 1.807) is 12.1 Å². The van der Waals surface area contributed by atoms with E-state index >= 15 is 0 Å². The number of aliphatic hydroxyl groups is 2. The highest BCUT2D eigenvalue weighted by atomic mass is 19.3. The zero-order valence-corrected chi connectivity index (χ0v) is 26.3. The van der Waals surface area contributed by atoms with Crippen LogP contribution in [0.15, 0.2) is 83.8 Å². The van der Waals surface area contributed by atoms with Gasteiger partial charge in [0.1, 0.15) is 11.4 Å². The molecule has 3 aliphatic rings. The SMILES string of the molecule is C=C(N)C1=C(O)[C@@H](N(C)C)[C@@H]2C[C@@H]3Cc4c(N(C)C)cc(-c5ccc(C(C)(F)F)cc5)c(C)c4C(=C)C3=C(C)[C@]2(O)C1=C. The number of benzene rings is 2. The molecule has 5 rings (SSSR count). The fourth-order valence-corrected chi connectivity index (χ4v) is 7.96. The van der Waals surface area contributed by atoms with Crippen LogP contribution in [-0.4, -0.2) is 54.9 Å². The number of allylic oxidation sites excluding steroid dienone is 3. The van der Waals surface area contributed by atoms with Gasteiger partial charge in [-0.05, 0) is 103 Å². The minimum Gasteiger partial charge on any atom is -0.510 e. The predicted octanol–water partition coefficient (Wildman–Crippen LogP) is 6.88. The highest BCUT2D eigenvalue weighted by molar-refractivity contribution is 5.92. The molecular weight excluding hydrogens is 544 g/mol. The second kappa shape index (κ2) is 10.2. The average Bonchev–Trinajstić information content (AvgIpc) is 2.90. The largest absolute Gasteiger partial charge is 0.510 e. The Labute approximate surface area is 254 Å². The van der Waals surface area contributed by atoms with Crippen LogP contribution in [0.5, 0.6) is 0 Å². The van der Waals surface area contributed by atoms with Gasteiger partial charge in [0.05, 0.1) is 6.04 Å². The van der Waals surface area contributed by atoms with E-state index in [-0.39, 0.29) is 28.9 Å². The first-order valence-corrected chi connectivity index (χ1v) is 14.6. The normalized spacial score (nSPS) is 25.5. The molecular formula is C36H43F2N3O2. The fraction of sp³-hybridized carbons (Fsp3) is 0.389. The van der Waals surface area contributed by atoms with Crippen molar-refractivity contribution < 1.29 is 19.0 Å². The van der Waals surface area contributed by atoms with E-state index < -0.39 is 17.6 Å². The maximum absolute atomic E-state index is 14.0. The number of likely N-dealkylation sites (N-methyl/N-ethyl adjacent to an activating group) is 1. The zero-order valence-electron chi connectivity index (χ0n) is 26.3. The van der Waals surface area contributed by atoms with E-state index in [4.69, 9.17) is 5.73 Å². The van der Waals surface area contributed by atoms with Crippen LogP contribution in [0.25, 0.3) is 16.7 Å². The molecule has 0 aromatic heterocycles. The van der Waals surface area contributed by atoms with Gasteiger partial charge in [0.15, 0.2) is 0 Å². The number of alkyl halides is 2. The average molecular weight is 588 g/mol. The molecule has 4 atom stereocenters. The quantitative estimate of drug-likeness (QED) is 0.356. The van der Waals surface area contributed by atoms with E-state index in [2.05, 4.69) is 37.6 Å². The Hall–Kier alpha value is -3.68. The van der Waals surface area contributed by atoms with Crippen molar-refractivity contribution in [1.82, 2.24) is 4.90 Å². The third-order valence-corrected chi connectivity index (χ3v) is 9.95. The van der Waals surface area contributed by atoms with Gasteiger partial charge in [-0.2, -0.15) is 0 Å². The Kier molecular flexibility index (Phi) is 7.30. The van der Waals surface area contributed by atoms with Gasteiger partial charge in [-0.25, -0.2) is 8.78 Å². The summed E-state index contributed by atoms with van der Waals surface area (Å²) >= 11 is 0. The van der Waals surface area contributed by atoms with Crippen molar-refractivity contribution in [1.29, 1.82) is 0 Å². The van der Waals surface area contributed by atoms with Gasteiger partial charge in [0.2, 0.25) is 0 Å². The molecule has 0 saturated heterocycles. The summed E-state index contributed by atoms with van der Waals surface area (Å²) in [5.74, 6) is -3.13. The van der Waals surface area contributed by atoms with Crippen molar-refractivity contribution in [2.45, 2.75) is 51.2 Å². The maximum Gasteiger partial charge on any atom is 0.270 e. The number of hydrogen-bond donors (Lipinski definition) is 3. The maximum atomic E-state index is 14.0. The lowest BCUT2D eigenvalue weighted by Crippen LogP contribution is -2.58. The van der Waals surface area contributed by atoms with Gasteiger partial charge < -0.3 is 20.8 Å². The van der Waals surface area contributed by atoms with Crippen molar-refractivity contribution in [2.24, 2.45) is 17.6 Å². The van der Waals surface area contributed by atoms with Crippen LogP contribution >= 0.6 is 0 Å². The summed E-state index contributed by atoms with van der Waals surface area (Å²) in [4.78, 5) is 4.01. The van der Waals surface area contributed by atoms with Crippen molar-refractivity contribution in [3.05, 3.63) is 106 Å². The molecule has 5 nitrogen and oxygen atoms in total. The molecule has 2 aromatic carbocycles. The van der Waals surface area contributed by atoms with Crippen molar-refractivity contribution >= 4 is 11.3 Å². The number of rotatable bonds is 5. The predicted molar refractivity (Wildman–Crippen MR) is 172 cm³/mol. The molecule has 0 aliphatic heterocycles. The third kappa shape index (κ3) is 4.47. The number of fused-ring (bicyclic) bond motifs is 3. The Morgan fingerprint density at radius 2 is 1.70 bits per heavy atom. The minimum absolute atomic E-state index is 0.0268. The lowest BCUT2D eigenvalue weighted by Gasteiger charge is -2.54. The number of aliphatic hydroxyl groups excluding tert-OH is 1. The molecule has 0 unspecified atom stereocenters. The Morgan fingerprint density at radius 1 is 1.09 bits per heavy atom. The molecule has 0 bridgehead atoms. The molecule has 7 heteroatoms. The van der Waals surface area contributed by atoms with E-state index in [0.717, 1.165) is 58.0 Å². The molecule has 0 fully saturated rings. The zero-order chi connectivity index (χ0) is 31.9. The van der Waals surface area contributed by atoms with Gasteiger partial charge in [0, 0.05) is 49.5 Å².